The predicted octanol–water partition coefficient (Wildman–Crippen LogP) is 1.93. The Morgan fingerprint density at radius 1 is 1.45 bits per heavy atom. The molecule has 0 aromatic heterocycles. The zero-order valence-electron chi connectivity index (χ0n) is 11.0. The van der Waals surface area contributed by atoms with Crippen molar-refractivity contribution in [1.29, 1.82) is 0 Å². The number of benzene rings is 1. The molecule has 0 saturated carbocycles. The molecule has 0 radical (unpaired) electrons. The number of halogens is 1. The van der Waals surface area contributed by atoms with Crippen LogP contribution in [0.1, 0.15) is 22.3 Å². The standard InChI is InChI=1S/C12H17INO5P/c1-19-11-4-3-9(7-10(11)8-13)12(15)14-5-2-6-20(16,17)18/h3-4,7H,2,5-6,8H2,1H3,(H,14,15)(H2,16,17,18). The number of hydrogen-bond acceptors (Lipinski definition) is 3. The maximum Gasteiger partial charge on any atom is 0.325 e. The Morgan fingerprint density at radius 3 is 2.70 bits per heavy atom. The molecule has 0 unspecified atom stereocenters. The monoisotopic (exact) mass is 413 g/mol. The summed E-state index contributed by atoms with van der Waals surface area (Å²) in [4.78, 5) is 29.3. The molecule has 0 aliphatic carbocycles. The molecule has 1 amide bonds. The molecule has 0 spiro atoms. The van der Waals surface area contributed by atoms with Gasteiger partial charge in [0.15, 0.2) is 0 Å². The van der Waals surface area contributed by atoms with Crippen molar-refractivity contribution in [2.45, 2.75) is 10.8 Å². The van der Waals surface area contributed by atoms with Crippen LogP contribution in [0.5, 0.6) is 5.75 Å². The van der Waals surface area contributed by atoms with E-state index >= 15 is 0 Å². The summed E-state index contributed by atoms with van der Waals surface area (Å²) in [7, 11) is -2.41. The smallest absolute Gasteiger partial charge is 0.325 e. The van der Waals surface area contributed by atoms with E-state index in [0.29, 0.717) is 5.56 Å². The highest BCUT2D eigenvalue weighted by molar-refractivity contribution is 14.1. The van der Waals surface area contributed by atoms with Gasteiger partial charge in [-0.05, 0) is 24.6 Å². The van der Waals surface area contributed by atoms with Gasteiger partial charge in [0, 0.05) is 22.1 Å². The fourth-order valence-electron chi connectivity index (χ4n) is 1.61. The van der Waals surface area contributed by atoms with Gasteiger partial charge < -0.3 is 19.8 Å². The number of carbonyl (C=O) groups excluding carboxylic acids is 1. The minimum atomic E-state index is -3.99. The van der Waals surface area contributed by atoms with Crippen molar-refractivity contribution in [3.05, 3.63) is 29.3 Å². The highest BCUT2D eigenvalue weighted by Crippen LogP contribution is 2.34. The fourth-order valence-corrected chi connectivity index (χ4v) is 2.78. The van der Waals surface area contributed by atoms with Gasteiger partial charge in [-0.25, -0.2) is 0 Å². The highest BCUT2D eigenvalue weighted by atomic mass is 127. The van der Waals surface area contributed by atoms with Gasteiger partial charge in [0.25, 0.3) is 5.91 Å². The third-order valence-electron chi connectivity index (χ3n) is 2.60. The first-order chi connectivity index (χ1) is 9.37. The number of amides is 1. The van der Waals surface area contributed by atoms with E-state index < -0.39 is 7.60 Å². The van der Waals surface area contributed by atoms with E-state index in [1.165, 1.54) is 0 Å². The van der Waals surface area contributed by atoms with Crippen LogP contribution in [-0.2, 0) is 8.99 Å². The molecule has 1 rings (SSSR count). The normalized spacial score (nSPS) is 11.2. The Morgan fingerprint density at radius 2 is 2.15 bits per heavy atom. The van der Waals surface area contributed by atoms with Gasteiger partial charge in [-0.3, -0.25) is 9.36 Å². The molecule has 0 atom stereocenters. The molecule has 0 aliphatic heterocycles. The Bertz CT molecular complexity index is 517. The number of carbonyl (C=O) groups is 1. The van der Waals surface area contributed by atoms with Crippen molar-refractivity contribution in [1.82, 2.24) is 5.32 Å². The first kappa shape index (κ1) is 17.4. The van der Waals surface area contributed by atoms with Crippen molar-refractivity contribution in [3.8, 4) is 5.75 Å². The molecule has 112 valence electrons. The van der Waals surface area contributed by atoms with E-state index in [1.807, 2.05) is 0 Å². The Labute approximate surface area is 131 Å². The summed E-state index contributed by atoms with van der Waals surface area (Å²) in [5, 5.41) is 2.63. The van der Waals surface area contributed by atoms with Crippen LogP contribution in [0, 0.1) is 0 Å². The van der Waals surface area contributed by atoms with Crippen molar-refractivity contribution in [3.63, 3.8) is 0 Å². The van der Waals surface area contributed by atoms with E-state index in [-0.39, 0.29) is 25.0 Å². The molecule has 8 heteroatoms. The lowest BCUT2D eigenvalue weighted by atomic mass is 10.1. The third kappa shape index (κ3) is 5.78. The van der Waals surface area contributed by atoms with Crippen LogP contribution in [0.4, 0.5) is 0 Å². The fraction of sp³-hybridized carbons (Fsp3) is 0.417. The summed E-state index contributed by atoms with van der Waals surface area (Å²) in [6.45, 7) is 0.232. The van der Waals surface area contributed by atoms with Gasteiger partial charge in [-0.2, -0.15) is 0 Å². The third-order valence-corrected chi connectivity index (χ3v) is 4.32. The first-order valence-electron chi connectivity index (χ1n) is 5.93. The second-order valence-corrected chi connectivity index (χ2v) is 6.70. The Kier molecular flexibility index (Phi) is 6.94. The van der Waals surface area contributed by atoms with Crippen LogP contribution in [0.3, 0.4) is 0 Å². The lowest BCUT2D eigenvalue weighted by Gasteiger charge is -2.09. The summed E-state index contributed by atoms with van der Waals surface area (Å²) < 4.78 is 16.6. The van der Waals surface area contributed by atoms with Crippen LogP contribution >= 0.6 is 30.2 Å². The molecule has 20 heavy (non-hydrogen) atoms. The molecular weight excluding hydrogens is 396 g/mol. The minimum absolute atomic E-state index is 0.227. The second kappa shape index (κ2) is 7.97. The van der Waals surface area contributed by atoms with E-state index in [2.05, 4.69) is 27.9 Å². The van der Waals surface area contributed by atoms with Crippen LogP contribution in [0.2, 0.25) is 0 Å². The minimum Gasteiger partial charge on any atom is -0.496 e. The molecule has 0 saturated heterocycles. The Balaban J connectivity index is 2.57. The molecule has 3 N–H and O–H groups in total. The summed E-state index contributed by atoms with van der Waals surface area (Å²) in [6.07, 6.45) is 0.0141. The van der Waals surface area contributed by atoms with Crippen molar-refractivity contribution in [2.75, 3.05) is 19.8 Å². The summed E-state index contributed by atoms with van der Waals surface area (Å²) in [5.41, 5.74) is 1.43. The molecule has 0 bridgehead atoms. The van der Waals surface area contributed by atoms with E-state index in [4.69, 9.17) is 14.5 Å². The summed E-state index contributed by atoms with van der Waals surface area (Å²) in [5.74, 6) is 0.474. The first-order valence-corrected chi connectivity index (χ1v) is 9.25. The number of ether oxygens (including phenoxy) is 1. The molecule has 0 aliphatic rings. The van der Waals surface area contributed by atoms with Gasteiger partial charge in [0.05, 0.1) is 13.3 Å². The quantitative estimate of drug-likeness (QED) is 0.275. The van der Waals surface area contributed by atoms with Crippen molar-refractivity contribution >= 4 is 36.1 Å². The molecular formula is C12H17INO5P. The highest BCUT2D eigenvalue weighted by Gasteiger charge is 2.13. The SMILES string of the molecule is COc1ccc(C(=O)NCCCP(=O)(O)O)cc1CI. The molecule has 6 nitrogen and oxygen atoms in total. The lowest BCUT2D eigenvalue weighted by Crippen LogP contribution is -2.25. The maximum atomic E-state index is 11.9. The van der Waals surface area contributed by atoms with Crippen LogP contribution in [-0.4, -0.2) is 35.5 Å². The number of nitrogens with one attached hydrogen (secondary N) is 1. The van der Waals surface area contributed by atoms with E-state index in [9.17, 15) is 9.36 Å². The molecule has 0 fully saturated rings. The van der Waals surface area contributed by atoms with E-state index in [0.717, 1.165) is 15.7 Å². The number of methoxy groups -OCH3 is 1. The van der Waals surface area contributed by atoms with Crippen LogP contribution < -0.4 is 10.1 Å². The van der Waals surface area contributed by atoms with Crippen LogP contribution in [0.15, 0.2) is 18.2 Å². The summed E-state index contributed by atoms with van der Waals surface area (Å²) >= 11 is 2.19. The largest absolute Gasteiger partial charge is 0.496 e. The number of rotatable bonds is 7. The van der Waals surface area contributed by atoms with Gasteiger partial charge in [0.2, 0.25) is 0 Å². The molecule has 0 heterocycles. The van der Waals surface area contributed by atoms with Crippen molar-refractivity contribution in [2.24, 2.45) is 0 Å². The molecule has 1 aromatic rings. The van der Waals surface area contributed by atoms with Crippen LogP contribution in [0.25, 0.3) is 0 Å². The zero-order valence-corrected chi connectivity index (χ0v) is 14.1. The van der Waals surface area contributed by atoms with E-state index in [1.54, 1.807) is 25.3 Å². The Hall–Kier alpha value is -0.630. The van der Waals surface area contributed by atoms with Crippen molar-refractivity contribution < 1.29 is 23.9 Å². The molecule has 1 aromatic carbocycles. The lowest BCUT2D eigenvalue weighted by molar-refractivity contribution is 0.0953. The average Bonchev–Trinajstić information content (AvgIpc) is 2.41. The number of hydrogen-bond donors (Lipinski definition) is 3. The average molecular weight is 413 g/mol. The number of alkyl halides is 1. The summed E-state index contributed by atoms with van der Waals surface area (Å²) in [6, 6.07) is 5.15. The maximum absolute atomic E-state index is 11.9. The second-order valence-electron chi connectivity index (χ2n) is 4.16. The topological polar surface area (TPSA) is 95.9 Å². The zero-order chi connectivity index (χ0) is 15.2. The van der Waals surface area contributed by atoms with Gasteiger partial charge in [-0.15, -0.1) is 0 Å². The van der Waals surface area contributed by atoms with Gasteiger partial charge in [-0.1, -0.05) is 22.6 Å². The van der Waals surface area contributed by atoms with Gasteiger partial charge in [0.1, 0.15) is 5.75 Å². The van der Waals surface area contributed by atoms with Gasteiger partial charge >= 0.3 is 7.60 Å². The predicted molar refractivity (Wildman–Crippen MR) is 84.6 cm³/mol.